The molecule has 2 aromatic heterocycles. The van der Waals surface area contributed by atoms with Gasteiger partial charge in [-0.05, 0) is 29.8 Å². The summed E-state index contributed by atoms with van der Waals surface area (Å²) < 4.78 is 18.1. The first-order valence-corrected chi connectivity index (χ1v) is 8.90. The van der Waals surface area contributed by atoms with Crippen molar-refractivity contribution in [3.05, 3.63) is 66.5 Å². The van der Waals surface area contributed by atoms with Crippen LogP contribution in [0.2, 0.25) is 0 Å². The van der Waals surface area contributed by atoms with E-state index in [9.17, 15) is 0 Å². The first-order valence-electron chi connectivity index (χ1n) is 8.90. The van der Waals surface area contributed by atoms with Gasteiger partial charge in [0.1, 0.15) is 0 Å². The highest BCUT2D eigenvalue weighted by Gasteiger charge is 2.18. The lowest BCUT2D eigenvalue weighted by atomic mass is 10.1. The van der Waals surface area contributed by atoms with Crippen molar-refractivity contribution < 1.29 is 14.2 Å². The van der Waals surface area contributed by atoms with Gasteiger partial charge in [-0.3, -0.25) is 0 Å². The fraction of sp³-hybridized carbons (Fsp3) is 0.182. The fourth-order valence-corrected chi connectivity index (χ4v) is 3.34. The van der Waals surface area contributed by atoms with Gasteiger partial charge in [-0.25, -0.2) is 9.50 Å². The van der Waals surface area contributed by atoms with Gasteiger partial charge in [0, 0.05) is 18.9 Å². The molecule has 6 nitrogen and oxygen atoms in total. The standard InChI is InChI=1S/C22H21N3O3/c1-26-14-17-21(15-7-5-4-6-8-15)22-23-12-11-18(25(22)24-17)16-9-10-19(27-2)20(13-16)28-3/h4-13H,14H2,1-3H3. The third-order valence-corrected chi connectivity index (χ3v) is 4.61. The molecule has 0 saturated heterocycles. The molecule has 0 aliphatic rings. The van der Waals surface area contributed by atoms with Crippen LogP contribution in [0.25, 0.3) is 28.0 Å². The molecule has 2 heterocycles. The largest absolute Gasteiger partial charge is 0.493 e. The highest BCUT2D eigenvalue weighted by molar-refractivity contribution is 5.81. The molecule has 0 N–H and O–H groups in total. The summed E-state index contributed by atoms with van der Waals surface area (Å²) in [6, 6.07) is 17.9. The number of methoxy groups -OCH3 is 3. The first kappa shape index (κ1) is 18.0. The van der Waals surface area contributed by atoms with Crippen LogP contribution in [0.5, 0.6) is 11.5 Å². The number of hydrogen-bond acceptors (Lipinski definition) is 5. The molecule has 0 amide bonds. The fourth-order valence-electron chi connectivity index (χ4n) is 3.34. The van der Waals surface area contributed by atoms with E-state index in [1.165, 1.54) is 0 Å². The van der Waals surface area contributed by atoms with Crippen LogP contribution in [0.15, 0.2) is 60.8 Å². The summed E-state index contributed by atoms with van der Waals surface area (Å²) in [6.45, 7) is 0.402. The van der Waals surface area contributed by atoms with E-state index in [2.05, 4.69) is 17.1 Å². The van der Waals surface area contributed by atoms with E-state index in [4.69, 9.17) is 19.3 Å². The van der Waals surface area contributed by atoms with Crippen LogP contribution in [0.1, 0.15) is 5.69 Å². The molecule has 28 heavy (non-hydrogen) atoms. The predicted molar refractivity (Wildman–Crippen MR) is 108 cm³/mol. The second-order valence-electron chi connectivity index (χ2n) is 6.26. The third-order valence-electron chi connectivity index (χ3n) is 4.61. The molecular formula is C22H21N3O3. The molecule has 2 aromatic carbocycles. The Morgan fingerprint density at radius 3 is 2.36 bits per heavy atom. The second kappa shape index (κ2) is 7.70. The highest BCUT2D eigenvalue weighted by Crippen LogP contribution is 2.34. The van der Waals surface area contributed by atoms with Crippen LogP contribution >= 0.6 is 0 Å². The van der Waals surface area contributed by atoms with E-state index in [-0.39, 0.29) is 0 Å². The molecule has 0 unspecified atom stereocenters. The Morgan fingerprint density at radius 1 is 0.857 bits per heavy atom. The Balaban J connectivity index is 1.95. The minimum absolute atomic E-state index is 0.402. The minimum Gasteiger partial charge on any atom is -0.493 e. The number of nitrogens with zero attached hydrogens (tertiary/aromatic N) is 3. The maximum Gasteiger partial charge on any atom is 0.163 e. The van der Waals surface area contributed by atoms with Gasteiger partial charge in [-0.2, -0.15) is 5.10 Å². The zero-order valence-electron chi connectivity index (χ0n) is 16.0. The van der Waals surface area contributed by atoms with Crippen LogP contribution in [0.4, 0.5) is 0 Å². The quantitative estimate of drug-likeness (QED) is 0.505. The SMILES string of the molecule is COCc1nn2c(-c3ccc(OC)c(OC)c3)ccnc2c1-c1ccccc1. The van der Waals surface area contributed by atoms with Crippen molar-refractivity contribution in [3.63, 3.8) is 0 Å². The number of hydrogen-bond donors (Lipinski definition) is 0. The Bertz CT molecular complexity index is 1110. The van der Waals surface area contributed by atoms with E-state index >= 15 is 0 Å². The zero-order chi connectivity index (χ0) is 19.5. The molecule has 4 aromatic rings. The average Bonchev–Trinajstić information content (AvgIpc) is 3.12. The van der Waals surface area contributed by atoms with Gasteiger partial charge in [0.2, 0.25) is 0 Å². The van der Waals surface area contributed by atoms with Gasteiger partial charge in [0.25, 0.3) is 0 Å². The lowest BCUT2D eigenvalue weighted by Gasteiger charge is -2.10. The van der Waals surface area contributed by atoms with Crippen molar-refractivity contribution in [1.82, 2.24) is 14.6 Å². The summed E-state index contributed by atoms with van der Waals surface area (Å²) in [4.78, 5) is 4.61. The van der Waals surface area contributed by atoms with E-state index < -0.39 is 0 Å². The highest BCUT2D eigenvalue weighted by atomic mass is 16.5. The van der Waals surface area contributed by atoms with Gasteiger partial charge in [-0.15, -0.1) is 0 Å². The van der Waals surface area contributed by atoms with Crippen molar-refractivity contribution in [2.24, 2.45) is 0 Å². The first-order chi connectivity index (χ1) is 13.8. The minimum atomic E-state index is 0.402. The molecule has 0 radical (unpaired) electrons. The third kappa shape index (κ3) is 3.08. The van der Waals surface area contributed by atoms with Crippen molar-refractivity contribution in [1.29, 1.82) is 0 Å². The molecule has 142 valence electrons. The van der Waals surface area contributed by atoms with E-state index in [1.54, 1.807) is 27.5 Å². The van der Waals surface area contributed by atoms with Crippen molar-refractivity contribution >= 4 is 5.65 Å². The van der Waals surface area contributed by atoms with Crippen LogP contribution in [-0.2, 0) is 11.3 Å². The van der Waals surface area contributed by atoms with Gasteiger partial charge in [0.15, 0.2) is 17.1 Å². The van der Waals surface area contributed by atoms with Gasteiger partial charge in [-0.1, -0.05) is 30.3 Å². The number of fused-ring (bicyclic) bond motifs is 1. The van der Waals surface area contributed by atoms with Crippen molar-refractivity contribution in [2.75, 3.05) is 21.3 Å². The van der Waals surface area contributed by atoms with Gasteiger partial charge in [0.05, 0.1) is 37.8 Å². The summed E-state index contributed by atoms with van der Waals surface area (Å²) >= 11 is 0. The Labute approximate surface area is 163 Å². The van der Waals surface area contributed by atoms with Crippen LogP contribution < -0.4 is 9.47 Å². The topological polar surface area (TPSA) is 57.9 Å². The number of rotatable bonds is 6. The van der Waals surface area contributed by atoms with Crippen LogP contribution in [-0.4, -0.2) is 35.9 Å². The van der Waals surface area contributed by atoms with Gasteiger partial charge >= 0.3 is 0 Å². The number of aromatic nitrogens is 3. The molecule has 6 heteroatoms. The lowest BCUT2D eigenvalue weighted by molar-refractivity contribution is 0.181. The molecule has 4 rings (SSSR count). The number of benzene rings is 2. The maximum absolute atomic E-state index is 5.46. The molecule has 0 aliphatic heterocycles. The Kier molecular flexibility index (Phi) is 4.95. The van der Waals surface area contributed by atoms with Crippen molar-refractivity contribution in [2.45, 2.75) is 6.61 Å². The average molecular weight is 375 g/mol. The predicted octanol–water partition coefficient (Wildman–Crippen LogP) is 4.23. The molecule has 0 fully saturated rings. The zero-order valence-corrected chi connectivity index (χ0v) is 16.0. The summed E-state index contributed by atoms with van der Waals surface area (Å²) in [5.74, 6) is 1.35. The van der Waals surface area contributed by atoms with E-state index in [1.807, 2.05) is 47.0 Å². The maximum atomic E-state index is 5.46. The van der Waals surface area contributed by atoms with E-state index in [0.717, 1.165) is 33.7 Å². The van der Waals surface area contributed by atoms with Crippen molar-refractivity contribution in [3.8, 4) is 33.9 Å². The Morgan fingerprint density at radius 2 is 1.64 bits per heavy atom. The lowest BCUT2D eigenvalue weighted by Crippen LogP contribution is -1.98. The molecule has 0 atom stereocenters. The Hall–Kier alpha value is -3.38. The molecule has 0 spiro atoms. The second-order valence-corrected chi connectivity index (χ2v) is 6.26. The van der Waals surface area contributed by atoms with Gasteiger partial charge < -0.3 is 14.2 Å². The smallest absolute Gasteiger partial charge is 0.163 e. The summed E-state index contributed by atoms with van der Waals surface area (Å²) in [5.41, 5.74) is 5.52. The summed E-state index contributed by atoms with van der Waals surface area (Å²) in [6.07, 6.45) is 1.80. The molecular weight excluding hydrogens is 354 g/mol. The summed E-state index contributed by atoms with van der Waals surface area (Å²) in [7, 11) is 4.92. The molecule has 0 bridgehead atoms. The normalized spacial score (nSPS) is 11.0. The monoisotopic (exact) mass is 375 g/mol. The molecule has 0 saturated carbocycles. The number of ether oxygens (including phenoxy) is 3. The van der Waals surface area contributed by atoms with Crippen LogP contribution in [0, 0.1) is 0 Å². The molecule has 0 aliphatic carbocycles. The summed E-state index contributed by atoms with van der Waals surface area (Å²) in [5, 5.41) is 4.81. The van der Waals surface area contributed by atoms with Crippen LogP contribution in [0.3, 0.4) is 0 Å². The van der Waals surface area contributed by atoms with E-state index in [0.29, 0.717) is 18.1 Å².